The first-order valence-corrected chi connectivity index (χ1v) is 13.2. The van der Waals surface area contributed by atoms with Crippen molar-refractivity contribution < 1.29 is 27.6 Å². The number of nitrogens with one attached hydrogen (secondary N) is 2. The van der Waals surface area contributed by atoms with Gasteiger partial charge >= 0.3 is 12.2 Å². The van der Waals surface area contributed by atoms with E-state index in [-0.39, 0.29) is 23.9 Å². The second-order valence-electron chi connectivity index (χ2n) is 9.81. The van der Waals surface area contributed by atoms with Gasteiger partial charge in [-0.3, -0.25) is 15.1 Å². The van der Waals surface area contributed by atoms with Crippen LogP contribution in [0.1, 0.15) is 44.6 Å². The Labute approximate surface area is 224 Å². The van der Waals surface area contributed by atoms with Crippen LogP contribution in [-0.4, -0.2) is 65.7 Å². The summed E-state index contributed by atoms with van der Waals surface area (Å²) in [6.07, 6.45) is 2.23. The second-order valence-corrected chi connectivity index (χ2v) is 9.81. The number of piperazine rings is 1. The van der Waals surface area contributed by atoms with Crippen LogP contribution in [0.5, 0.6) is 5.75 Å². The van der Waals surface area contributed by atoms with Gasteiger partial charge in [-0.05, 0) is 44.2 Å². The van der Waals surface area contributed by atoms with Crippen molar-refractivity contribution in [3.05, 3.63) is 52.3 Å². The van der Waals surface area contributed by atoms with Gasteiger partial charge in [0.2, 0.25) is 0 Å². The van der Waals surface area contributed by atoms with Gasteiger partial charge in [-0.2, -0.15) is 13.2 Å². The Kier molecular flexibility index (Phi) is 8.97. The molecule has 1 saturated carbocycles. The van der Waals surface area contributed by atoms with Crippen LogP contribution in [0.15, 0.2) is 36.7 Å². The number of nitro groups is 1. The van der Waals surface area contributed by atoms with Crippen molar-refractivity contribution >= 4 is 23.1 Å². The van der Waals surface area contributed by atoms with E-state index in [2.05, 4.69) is 20.5 Å². The lowest BCUT2D eigenvalue weighted by Gasteiger charge is -2.36. The number of halogens is 3. The summed E-state index contributed by atoms with van der Waals surface area (Å²) in [4.78, 5) is 30.5. The minimum absolute atomic E-state index is 0.0360. The first-order valence-electron chi connectivity index (χ1n) is 13.2. The number of carbonyl (C=O) groups is 1. The summed E-state index contributed by atoms with van der Waals surface area (Å²) in [5, 5.41) is 17.0. The molecule has 13 heteroatoms. The molecule has 1 aliphatic heterocycles. The highest BCUT2D eigenvalue weighted by atomic mass is 19.4. The van der Waals surface area contributed by atoms with E-state index < -0.39 is 22.4 Å². The number of hydrogen-bond acceptors (Lipinski definition) is 7. The van der Waals surface area contributed by atoms with E-state index in [4.69, 9.17) is 4.74 Å². The van der Waals surface area contributed by atoms with Crippen molar-refractivity contribution in [2.75, 3.05) is 42.9 Å². The van der Waals surface area contributed by atoms with Crippen molar-refractivity contribution in [3.8, 4) is 5.75 Å². The lowest BCUT2D eigenvalue weighted by Crippen LogP contribution is -2.52. The van der Waals surface area contributed by atoms with Crippen molar-refractivity contribution in [3.63, 3.8) is 0 Å². The van der Waals surface area contributed by atoms with Gasteiger partial charge in [0, 0.05) is 56.6 Å². The van der Waals surface area contributed by atoms with Gasteiger partial charge in [0.15, 0.2) is 0 Å². The number of hydrogen-bond donors (Lipinski definition) is 2. The SMILES string of the molecule is CCCNC(=O)N1CCN(c2cncc(OC3CCC(Nc4ccc([N+](=O)[O-])c(C(F)(F)F)c4)CC3)c2)CC1. The standard InChI is InChI=1S/C26H33F3N6O4/c1-2-9-31-25(36)34-12-10-33(11-13-34)20-15-22(17-30-16-20)39-21-6-3-18(4-7-21)32-19-5-8-24(35(37)38)23(14-19)26(27,28)29/h5,8,14-18,21,32H,2-4,6-7,9-13H2,1H3,(H,31,36). The van der Waals surface area contributed by atoms with Crippen molar-refractivity contribution in [1.82, 2.24) is 15.2 Å². The third-order valence-corrected chi connectivity index (χ3v) is 7.00. The molecule has 2 heterocycles. The molecule has 2 aliphatic rings. The zero-order chi connectivity index (χ0) is 28.0. The summed E-state index contributed by atoms with van der Waals surface area (Å²) in [6.45, 7) is 5.31. The third kappa shape index (κ3) is 7.42. The highest BCUT2D eigenvalue weighted by Gasteiger charge is 2.38. The Morgan fingerprint density at radius 1 is 1.13 bits per heavy atom. The number of alkyl halides is 3. The molecule has 1 aliphatic carbocycles. The first-order chi connectivity index (χ1) is 18.6. The number of amides is 2. The van der Waals surface area contributed by atoms with Gasteiger partial charge in [0.1, 0.15) is 11.3 Å². The Balaban J connectivity index is 1.27. The summed E-state index contributed by atoms with van der Waals surface area (Å²) in [6, 6.07) is 4.84. The highest BCUT2D eigenvalue weighted by molar-refractivity contribution is 5.74. The molecule has 0 radical (unpaired) electrons. The number of benzene rings is 1. The van der Waals surface area contributed by atoms with Crippen LogP contribution < -0.4 is 20.3 Å². The molecule has 2 fully saturated rings. The monoisotopic (exact) mass is 550 g/mol. The summed E-state index contributed by atoms with van der Waals surface area (Å²) >= 11 is 0. The Hall–Kier alpha value is -3.77. The maximum Gasteiger partial charge on any atom is 0.423 e. The largest absolute Gasteiger partial charge is 0.489 e. The van der Waals surface area contributed by atoms with Gasteiger partial charge in [0.05, 0.1) is 29.1 Å². The van der Waals surface area contributed by atoms with Crippen molar-refractivity contribution in [2.45, 2.75) is 57.3 Å². The minimum atomic E-state index is -4.81. The molecule has 2 amide bonds. The Morgan fingerprint density at radius 2 is 1.85 bits per heavy atom. The predicted molar refractivity (Wildman–Crippen MR) is 140 cm³/mol. The number of urea groups is 1. The molecule has 212 valence electrons. The van der Waals surface area contributed by atoms with Crippen molar-refractivity contribution in [1.29, 1.82) is 0 Å². The van der Waals surface area contributed by atoms with Crippen LogP contribution in [0.25, 0.3) is 0 Å². The fourth-order valence-electron chi connectivity index (χ4n) is 4.92. The number of nitro benzene ring substituents is 1. The molecule has 1 saturated heterocycles. The molecule has 0 bridgehead atoms. The Morgan fingerprint density at radius 3 is 2.49 bits per heavy atom. The van der Waals surface area contributed by atoms with Gasteiger partial charge in [-0.1, -0.05) is 6.92 Å². The maximum absolute atomic E-state index is 13.3. The normalized spacial score (nSPS) is 19.9. The first kappa shape index (κ1) is 28.2. The van der Waals surface area contributed by atoms with E-state index in [1.54, 1.807) is 12.4 Å². The van der Waals surface area contributed by atoms with Crippen LogP contribution in [0.2, 0.25) is 0 Å². The Bertz CT molecular complexity index is 1150. The smallest absolute Gasteiger partial charge is 0.423 e. The van der Waals surface area contributed by atoms with Crippen LogP contribution in [0, 0.1) is 10.1 Å². The van der Waals surface area contributed by atoms with Crippen LogP contribution >= 0.6 is 0 Å². The molecule has 0 spiro atoms. The molecular weight excluding hydrogens is 517 g/mol. The summed E-state index contributed by atoms with van der Waals surface area (Å²) < 4.78 is 46.0. The molecule has 10 nitrogen and oxygen atoms in total. The highest BCUT2D eigenvalue weighted by Crippen LogP contribution is 2.38. The van der Waals surface area contributed by atoms with E-state index in [0.717, 1.165) is 24.2 Å². The molecule has 2 N–H and O–H groups in total. The zero-order valence-electron chi connectivity index (χ0n) is 21.7. The minimum Gasteiger partial charge on any atom is -0.489 e. The fraction of sp³-hybridized carbons (Fsp3) is 0.538. The van der Waals surface area contributed by atoms with E-state index >= 15 is 0 Å². The number of anilines is 2. The number of rotatable bonds is 8. The van der Waals surface area contributed by atoms with Gasteiger partial charge < -0.3 is 25.2 Å². The second kappa shape index (κ2) is 12.4. The lowest BCUT2D eigenvalue weighted by atomic mass is 9.92. The average Bonchev–Trinajstić information content (AvgIpc) is 2.92. The lowest BCUT2D eigenvalue weighted by molar-refractivity contribution is -0.388. The van der Waals surface area contributed by atoms with Gasteiger partial charge in [-0.25, -0.2) is 4.79 Å². The number of aromatic nitrogens is 1. The molecule has 1 aromatic heterocycles. The topological polar surface area (TPSA) is 113 Å². The number of ether oxygens (including phenoxy) is 1. The fourth-order valence-corrected chi connectivity index (χ4v) is 4.92. The number of carbonyl (C=O) groups excluding carboxylic acids is 1. The summed E-state index contributed by atoms with van der Waals surface area (Å²) in [7, 11) is 0. The van der Waals surface area contributed by atoms with Gasteiger partial charge in [-0.15, -0.1) is 0 Å². The maximum atomic E-state index is 13.3. The summed E-state index contributed by atoms with van der Waals surface area (Å²) in [5.74, 6) is 0.650. The average molecular weight is 551 g/mol. The third-order valence-electron chi connectivity index (χ3n) is 7.00. The van der Waals surface area contributed by atoms with E-state index in [0.29, 0.717) is 64.2 Å². The quantitative estimate of drug-likeness (QED) is 0.349. The molecule has 1 aromatic carbocycles. The summed E-state index contributed by atoms with van der Waals surface area (Å²) in [5.41, 5.74) is -1.09. The van der Waals surface area contributed by atoms with E-state index in [9.17, 15) is 28.1 Å². The molecule has 39 heavy (non-hydrogen) atoms. The van der Waals surface area contributed by atoms with Crippen molar-refractivity contribution in [2.24, 2.45) is 0 Å². The van der Waals surface area contributed by atoms with E-state index in [1.165, 1.54) is 6.07 Å². The molecule has 4 rings (SSSR count). The van der Waals surface area contributed by atoms with Crippen LogP contribution in [0.4, 0.5) is 35.0 Å². The molecule has 0 unspecified atom stereocenters. The molecule has 0 atom stereocenters. The predicted octanol–water partition coefficient (Wildman–Crippen LogP) is 5.05. The van der Waals surface area contributed by atoms with Crippen LogP contribution in [-0.2, 0) is 6.18 Å². The van der Waals surface area contributed by atoms with E-state index in [1.807, 2.05) is 17.9 Å². The zero-order valence-corrected chi connectivity index (χ0v) is 21.7. The number of nitrogens with zero attached hydrogens (tertiary/aromatic N) is 4. The number of pyridine rings is 1. The molecular formula is C26H33F3N6O4. The molecule has 2 aromatic rings. The van der Waals surface area contributed by atoms with Crippen LogP contribution in [0.3, 0.4) is 0 Å². The van der Waals surface area contributed by atoms with Gasteiger partial charge in [0.25, 0.3) is 5.69 Å².